The third kappa shape index (κ3) is 3.70. The fourth-order valence-corrected chi connectivity index (χ4v) is 4.66. The molecule has 0 bridgehead atoms. The molecule has 0 aromatic heterocycles. The molecule has 33 heavy (non-hydrogen) atoms. The second-order valence-corrected chi connectivity index (χ2v) is 8.38. The lowest BCUT2D eigenvalue weighted by Crippen LogP contribution is -2.76. The van der Waals surface area contributed by atoms with Crippen LogP contribution in [-0.2, 0) is 11.3 Å². The molecule has 7 heteroatoms. The van der Waals surface area contributed by atoms with Gasteiger partial charge in [0.2, 0.25) is 0 Å². The standard InChI is InChI=1S/C26H25N3O4/c1-32-21-11-9-20(10-12-21)29-24(30)22-13-8-19(25(31)33-2)14-23(22)27-26(29)16-28(17-26)15-18-6-4-3-5-7-18/h3-14,27H,15-17H2,1-2H3. The lowest BCUT2D eigenvalue weighted by Gasteiger charge is -2.58. The molecule has 0 atom stereocenters. The Hall–Kier alpha value is -3.84. The van der Waals surface area contributed by atoms with Gasteiger partial charge >= 0.3 is 5.97 Å². The smallest absolute Gasteiger partial charge is 0.337 e. The zero-order valence-electron chi connectivity index (χ0n) is 18.6. The highest BCUT2D eigenvalue weighted by atomic mass is 16.5. The van der Waals surface area contributed by atoms with E-state index >= 15 is 0 Å². The van der Waals surface area contributed by atoms with Gasteiger partial charge in [0.05, 0.1) is 25.3 Å². The highest BCUT2D eigenvalue weighted by Crippen LogP contribution is 2.41. The second kappa shape index (κ2) is 8.26. The number of fused-ring (bicyclic) bond motifs is 1. The highest BCUT2D eigenvalue weighted by molar-refractivity contribution is 6.13. The summed E-state index contributed by atoms with van der Waals surface area (Å²) in [5, 5.41) is 3.58. The van der Waals surface area contributed by atoms with Crippen LogP contribution in [0.1, 0.15) is 26.3 Å². The number of nitrogens with one attached hydrogen (secondary N) is 1. The molecule has 168 valence electrons. The first-order valence-electron chi connectivity index (χ1n) is 10.8. The van der Waals surface area contributed by atoms with Crippen molar-refractivity contribution in [2.24, 2.45) is 0 Å². The summed E-state index contributed by atoms with van der Waals surface area (Å²) in [5.41, 5.74) is 2.96. The van der Waals surface area contributed by atoms with Crippen LogP contribution < -0.4 is 15.0 Å². The first-order valence-corrected chi connectivity index (χ1v) is 10.8. The van der Waals surface area contributed by atoms with Crippen LogP contribution >= 0.6 is 0 Å². The predicted molar refractivity (Wildman–Crippen MR) is 126 cm³/mol. The van der Waals surface area contributed by atoms with Gasteiger partial charge in [-0.05, 0) is 48.0 Å². The summed E-state index contributed by atoms with van der Waals surface area (Å²) in [7, 11) is 2.97. The van der Waals surface area contributed by atoms with E-state index in [1.165, 1.54) is 12.7 Å². The Labute approximate surface area is 192 Å². The molecule has 1 amide bonds. The molecule has 0 saturated carbocycles. The van der Waals surface area contributed by atoms with E-state index in [9.17, 15) is 9.59 Å². The summed E-state index contributed by atoms with van der Waals surface area (Å²) >= 11 is 0. The molecular formula is C26H25N3O4. The largest absolute Gasteiger partial charge is 0.497 e. The fraction of sp³-hybridized carbons (Fsp3) is 0.231. The molecule has 1 fully saturated rings. The van der Waals surface area contributed by atoms with E-state index in [1.54, 1.807) is 25.3 Å². The SMILES string of the molecule is COC(=O)c1ccc2c(c1)NC1(CN(Cc3ccccc3)C1)N(c1ccc(OC)cc1)C2=O. The number of hydrogen-bond acceptors (Lipinski definition) is 6. The monoisotopic (exact) mass is 443 g/mol. The van der Waals surface area contributed by atoms with Crippen LogP contribution in [0.4, 0.5) is 11.4 Å². The Morgan fingerprint density at radius 2 is 1.73 bits per heavy atom. The van der Waals surface area contributed by atoms with E-state index in [-0.39, 0.29) is 5.91 Å². The number of likely N-dealkylation sites (tertiary alicyclic amines) is 1. The molecule has 3 aromatic carbocycles. The summed E-state index contributed by atoms with van der Waals surface area (Å²) in [6, 6.07) is 22.8. The molecule has 0 unspecified atom stereocenters. The third-order valence-electron chi connectivity index (χ3n) is 6.22. The van der Waals surface area contributed by atoms with Crippen LogP contribution in [0.25, 0.3) is 0 Å². The molecular weight excluding hydrogens is 418 g/mol. The van der Waals surface area contributed by atoms with Crippen LogP contribution in [0.5, 0.6) is 5.75 Å². The number of ether oxygens (including phenoxy) is 2. The van der Waals surface area contributed by atoms with Crippen molar-refractivity contribution >= 4 is 23.3 Å². The maximum Gasteiger partial charge on any atom is 0.337 e. The minimum atomic E-state index is -0.623. The van der Waals surface area contributed by atoms with Crippen molar-refractivity contribution in [3.8, 4) is 5.75 Å². The van der Waals surface area contributed by atoms with Gasteiger partial charge in [0.1, 0.15) is 11.4 Å². The Kier molecular flexibility index (Phi) is 5.26. The first kappa shape index (κ1) is 21.0. The molecule has 0 radical (unpaired) electrons. The maximum absolute atomic E-state index is 13.7. The van der Waals surface area contributed by atoms with Crippen LogP contribution in [-0.4, -0.2) is 49.7 Å². The molecule has 1 spiro atoms. The maximum atomic E-state index is 13.7. The summed E-state index contributed by atoms with van der Waals surface area (Å²) in [6.45, 7) is 2.08. The first-order chi connectivity index (χ1) is 16.0. The number of nitrogens with zero attached hydrogens (tertiary/aromatic N) is 2. The quantitative estimate of drug-likeness (QED) is 0.606. The van der Waals surface area contributed by atoms with Crippen molar-refractivity contribution in [3.05, 3.63) is 89.5 Å². The van der Waals surface area contributed by atoms with Gasteiger partial charge in [0, 0.05) is 31.0 Å². The molecule has 3 aromatic rings. The lowest BCUT2D eigenvalue weighted by molar-refractivity contribution is 0.0589. The summed E-state index contributed by atoms with van der Waals surface area (Å²) in [5.74, 6) is 0.190. The van der Waals surface area contributed by atoms with Crippen molar-refractivity contribution in [2.75, 3.05) is 37.5 Å². The summed E-state index contributed by atoms with van der Waals surface area (Å²) in [4.78, 5) is 29.9. The van der Waals surface area contributed by atoms with Crippen molar-refractivity contribution in [1.29, 1.82) is 0 Å². The third-order valence-corrected chi connectivity index (χ3v) is 6.22. The van der Waals surface area contributed by atoms with Crippen LogP contribution in [0.2, 0.25) is 0 Å². The number of carbonyl (C=O) groups is 2. The van der Waals surface area contributed by atoms with Gasteiger partial charge in [-0.15, -0.1) is 0 Å². The van der Waals surface area contributed by atoms with Gasteiger partial charge in [0.15, 0.2) is 0 Å². The van der Waals surface area contributed by atoms with Gasteiger partial charge in [-0.2, -0.15) is 0 Å². The van der Waals surface area contributed by atoms with E-state index in [4.69, 9.17) is 9.47 Å². The zero-order chi connectivity index (χ0) is 23.0. The van der Waals surface area contributed by atoms with Crippen molar-refractivity contribution in [1.82, 2.24) is 4.90 Å². The number of methoxy groups -OCH3 is 2. The molecule has 0 aliphatic carbocycles. The minimum Gasteiger partial charge on any atom is -0.497 e. The van der Waals surface area contributed by atoms with Gasteiger partial charge in [-0.25, -0.2) is 4.79 Å². The van der Waals surface area contributed by atoms with E-state index in [1.807, 2.05) is 47.4 Å². The summed E-state index contributed by atoms with van der Waals surface area (Å²) in [6.07, 6.45) is 0. The van der Waals surface area contributed by atoms with Crippen LogP contribution in [0.15, 0.2) is 72.8 Å². The predicted octanol–water partition coefficient (Wildman–Crippen LogP) is 3.77. The van der Waals surface area contributed by atoms with Gasteiger partial charge < -0.3 is 14.8 Å². The van der Waals surface area contributed by atoms with Crippen LogP contribution in [0.3, 0.4) is 0 Å². The van der Waals surface area contributed by atoms with Crippen molar-refractivity contribution < 1.29 is 19.1 Å². The average molecular weight is 444 g/mol. The van der Waals surface area contributed by atoms with Gasteiger partial charge in [0.25, 0.3) is 5.91 Å². The van der Waals surface area contributed by atoms with Gasteiger partial charge in [-0.1, -0.05) is 30.3 Å². The molecule has 5 rings (SSSR count). The van der Waals surface area contributed by atoms with E-state index < -0.39 is 11.6 Å². The van der Waals surface area contributed by atoms with E-state index in [2.05, 4.69) is 22.3 Å². The average Bonchev–Trinajstić information content (AvgIpc) is 2.83. The Morgan fingerprint density at radius 3 is 2.39 bits per heavy atom. The number of benzene rings is 3. The summed E-state index contributed by atoms with van der Waals surface area (Å²) < 4.78 is 10.2. The Morgan fingerprint density at radius 1 is 1.00 bits per heavy atom. The van der Waals surface area contributed by atoms with Crippen molar-refractivity contribution in [2.45, 2.75) is 12.2 Å². The highest BCUT2D eigenvalue weighted by Gasteiger charge is 2.53. The fourth-order valence-electron chi connectivity index (χ4n) is 4.66. The molecule has 2 aliphatic heterocycles. The molecule has 7 nitrogen and oxygen atoms in total. The molecule has 1 saturated heterocycles. The van der Waals surface area contributed by atoms with Gasteiger partial charge in [-0.3, -0.25) is 14.6 Å². The molecule has 1 N–H and O–H groups in total. The topological polar surface area (TPSA) is 71.1 Å². The molecule has 2 heterocycles. The second-order valence-electron chi connectivity index (χ2n) is 8.38. The number of hydrogen-bond donors (Lipinski definition) is 1. The minimum absolute atomic E-state index is 0.107. The Bertz CT molecular complexity index is 1190. The Balaban J connectivity index is 1.50. The molecule has 2 aliphatic rings. The normalized spacial score (nSPS) is 16.5. The zero-order valence-corrected chi connectivity index (χ0v) is 18.6. The van der Waals surface area contributed by atoms with E-state index in [0.29, 0.717) is 29.9 Å². The number of esters is 1. The number of anilines is 2. The lowest BCUT2D eigenvalue weighted by atomic mass is 9.90. The van der Waals surface area contributed by atoms with Crippen LogP contribution in [0, 0.1) is 0 Å². The number of amides is 1. The van der Waals surface area contributed by atoms with E-state index in [0.717, 1.165) is 18.0 Å². The number of carbonyl (C=O) groups excluding carboxylic acids is 2. The number of rotatable bonds is 5. The van der Waals surface area contributed by atoms with Crippen molar-refractivity contribution in [3.63, 3.8) is 0 Å².